The number of hydrogen-bond donors (Lipinski definition) is 0. The largest absolute Gasteiger partial charge is 0.530 e. The van der Waals surface area contributed by atoms with Crippen LogP contribution in [0.3, 0.4) is 0 Å². The van der Waals surface area contributed by atoms with Crippen molar-refractivity contribution in [2.24, 2.45) is 0 Å². The second kappa shape index (κ2) is 12.5. The Morgan fingerprint density at radius 2 is 1.42 bits per heavy atom. The molecule has 0 saturated heterocycles. The number of hydrogen-bond acceptors (Lipinski definition) is 6. The molecule has 192 valence electrons. The van der Waals surface area contributed by atoms with Crippen LogP contribution in [0.4, 0.5) is 4.39 Å². The molecule has 36 heavy (non-hydrogen) atoms. The van der Waals surface area contributed by atoms with Crippen molar-refractivity contribution >= 4 is 23.4 Å². The first-order valence-corrected chi connectivity index (χ1v) is 14.6. The number of benzene rings is 3. The van der Waals surface area contributed by atoms with E-state index in [1.807, 2.05) is 6.92 Å². The molecule has 0 amide bonds. The van der Waals surface area contributed by atoms with Gasteiger partial charge in [0, 0.05) is 5.56 Å². The standard InChI is InChI=1S/C27H30FO6PS/c1-4-32-35(29,33-5-2)34-26(23-12-8-6-9-13-23)20-25(22-18-16-21(3)17-19-22)27(28)36(30,31)24-14-10-7-11-15-24/h6-20,25,27H,4-5H2,1-3H3/b26-20-. The van der Waals surface area contributed by atoms with Crippen LogP contribution in [0, 0.1) is 6.92 Å². The summed E-state index contributed by atoms with van der Waals surface area (Å²) >= 11 is 0. The zero-order valence-electron chi connectivity index (χ0n) is 20.4. The van der Waals surface area contributed by atoms with E-state index in [9.17, 15) is 13.0 Å². The van der Waals surface area contributed by atoms with Crippen molar-refractivity contribution in [2.75, 3.05) is 13.2 Å². The minimum Gasteiger partial charge on any atom is -0.404 e. The number of allylic oxidation sites excluding steroid dienone is 1. The zero-order chi connectivity index (χ0) is 26.2. The van der Waals surface area contributed by atoms with Gasteiger partial charge in [-0.2, -0.15) is 0 Å². The summed E-state index contributed by atoms with van der Waals surface area (Å²) in [6.45, 7) is 5.26. The van der Waals surface area contributed by atoms with Crippen molar-refractivity contribution in [3.8, 4) is 0 Å². The van der Waals surface area contributed by atoms with Gasteiger partial charge >= 0.3 is 7.82 Å². The average molecular weight is 533 g/mol. The summed E-state index contributed by atoms with van der Waals surface area (Å²) in [5.41, 5.74) is -0.561. The molecule has 0 fully saturated rings. The highest BCUT2D eigenvalue weighted by Crippen LogP contribution is 2.53. The molecule has 6 nitrogen and oxygen atoms in total. The van der Waals surface area contributed by atoms with Crippen LogP contribution in [0.15, 0.2) is 95.9 Å². The van der Waals surface area contributed by atoms with E-state index in [1.54, 1.807) is 74.5 Å². The summed E-state index contributed by atoms with van der Waals surface area (Å²) in [6, 6.07) is 22.9. The van der Waals surface area contributed by atoms with Gasteiger partial charge in [-0.3, -0.25) is 9.05 Å². The van der Waals surface area contributed by atoms with Crippen LogP contribution >= 0.6 is 7.82 Å². The van der Waals surface area contributed by atoms with Crippen LogP contribution in [0.5, 0.6) is 0 Å². The van der Waals surface area contributed by atoms with E-state index >= 15 is 4.39 Å². The first-order valence-electron chi connectivity index (χ1n) is 11.6. The first kappa shape index (κ1) is 27.8. The van der Waals surface area contributed by atoms with E-state index in [2.05, 4.69) is 0 Å². The van der Waals surface area contributed by atoms with Crippen LogP contribution in [0.2, 0.25) is 0 Å². The van der Waals surface area contributed by atoms with Gasteiger partial charge in [-0.05, 0) is 44.5 Å². The quantitative estimate of drug-likeness (QED) is 0.183. The summed E-state index contributed by atoms with van der Waals surface area (Å²) in [5, 5.41) is 0. The topological polar surface area (TPSA) is 78.9 Å². The van der Waals surface area contributed by atoms with E-state index in [1.165, 1.54) is 30.3 Å². The molecule has 3 aromatic rings. The molecule has 9 heteroatoms. The smallest absolute Gasteiger partial charge is 0.404 e. The van der Waals surface area contributed by atoms with Gasteiger partial charge < -0.3 is 4.52 Å². The molecule has 0 aromatic heterocycles. The lowest BCUT2D eigenvalue weighted by Crippen LogP contribution is -2.24. The molecule has 0 bridgehead atoms. The summed E-state index contributed by atoms with van der Waals surface area (Å²) in [7, 11) is -8.45. The minimum atomic E-state index is -4.39. The van der Waals surface area contributed by atoms with Gasteiger partial charge in [0.25, 0.3) is 0 Å². The Balaban J connectivity index is 2.18. The maximum Gasteiger partial charge on any atom is 0.530 e. The zero-order valence-corrected chi connectivity index (χ0v) is 22.1. The summed E-state index contributed by atoms with van der Waals surface area (Å²) in [5.74, 6) is -1.31. The van der Waals surface area contributed by atoms with Crippen LogP contribution in [0.1, 0.15) is 36.5 Å². The van der Waals surface area contributed by atoms with Crippen LogP contribution in [0.25, 0.3) is 5.76 Å². The SMILES string of the molecule is CCOP(=O)(OCC)O/C(=C\C(c1ccc(C)cc1)C(F)S(=O)(=O)c1ccccc1)c1ccccc1. The van der Waals surface area contributed by atoms with Crippen LogP contribution in [-0.2, 0) is 28.0 Å². The number of sulfone groups is 1. The molecule has 0 aliphatic carbocycles. The fraction of sp³-hybridized carbons (Fsp3) is 0.259. The Kier molecular flexibility index (Phi) is 9.63. The van der Waals surface area contributed by atoms with Crippen LogP contribution < -0.4 is 0 Å². The van der Waals surface area contributed by atoms with Crippen molar-refractivity contribution in [2.45, 2.75) is 37.1 Å². The van der Waals surface area contributed by atoms with Crippen molar-refractivity contribution in [3.63, 3.8) is 0 Å². The first-order chi connectivity index (χ1) is 17.2. The number of halogens is 1. The third-order valence-electron chi connectivity index (χ3n) is 5.29. The molecule has 0 N–H and O–H groups in total. The maximum absolute atomic E-state index is 16.1. The van der Waals surface area contributed by atoms with Gasteiger partial charge in [0.05, 0.1) is 24.0 Å². The molecule has 2 atom stereocenters. The van der Waals surface area contributed by atoms with E-state index < -0.39 is 29.1 Å². The lowest BCUT2D eigenvalue weighted by molar-refractivity contribution is 0.159. The van der Waals surface area contributed by atoms with E-state index in [0.29, 0.717) is 11.1 Å². The van der Waals surface area contributed by atoms with Crippen molar-refractivity contribution in [3.05, 3.63) is 108 Å². The average Bonchev–Trinajstić information content (AvgIpc) is 2.88. The van der Waals surface area contributed by atoms with E-state index in [-0.39, 0.29) is 23.9 Å². The molecule has 0 aliphatic heterocycles. The monoisotopic (exact) mass is 532 g/mol. The lowest BCUT2D eigenvalue weighted by Gasteiger charge is -2.23. The van der Waals surface area contributed by atoms with E-state index in [4.69, 9.17) is 13.6 Å². The second-order valence-electron chi connectivity index (χ2n) is 7.92. The number of phosphoric ester groups is 1. The van der Waals surface area contributed by atoms with Crippen molar-refractivity contribution < 1.29 is 30.9 Å². The van der Waals surface area contributed by atoms with Crippen molar-refractivity contribution in [1.82, 2.24) is 0 Å². The molecule has 0 saturated carbocycles. The molecular weight excluding hydrogens is 502 g/mol. The van der Waals surface area contributed by atoms with Crippen LogP contribution in [-0.4, -0.2) is 27.1 Å². The Hall–Kier alpha value is -2.77. The molecule has 0 aliphatic rings. The van der Waals surface area contributed by atoms with Gasteiger partial charge in [-0.1, -0.05) is 78.4 Å². The molecular formula is C27H30FO6PS. The Labute approximate surface area is 212 Å². The van der Waals surface area contributed by atoms with Gasteiger partial charge in [-0.25, -0.2) is 17.4 Å². The van der Waals surface area contributed by atoms with Gasteiger partial charge in [-0.15, -0.1) is 0 Å². The Morgan fingerprint density at radius 3 is 1.94 bits per heavy atom. The van der Waals surface area contributed by atoms with Gasteiger partial charge in [0.15, 0.2) is 0 Å². The predicted molar refractivity (Wildman–Crippen MR) is 139 cm³/mol. The second-order valence-corrected chi connectivity index (χ2v) is 11.5. The minimum absolute atomic E-state index is 0.0164. The number of phosphoric acid groups is 1. The molecule has 2 unspecified atom stereocenters. The Morgan fingerprint density at radius 1 is 0.889 bits per heavy atom. The van der Waals surface area contributed by atoms with Gasteiger partial charge in [0.1, 0.15) is 5.76 Å². The summed E-state index contributed by atoms with van der Waals surface area (Å²) in [4.78, 5) is -0.139. The normalized spacial score (nSPS) is 14.3. The molecule has 0 heterocycles. The third-order valence-corrected chi connectivity index (χ3v) is 8.67. The molecule has 3 rings (SSSR count). The number of alkyl halides is 1. The lowest BCUT2D eigenvalue weighted by atomic mass is 9.97. The highest BCUT2D eigenvalue weighted by molar-refractivity contribution is 7.92. The number of aryl methyl sites for hydroxylation is 1. The predicted octanol–water partition coefficient (Wildman–Crippen LogP) is 7.09. The molecule has 0 radical (unpaired) electrons. The number of rotatable bonds is 12. The fourth-order valence-corrected chi connectivity index (χ4v) is 6.15. The molecule has 0 spiro atoms. The maximum atomic E-state index is 16.1. The highest BCUT2D eigenvalue weighted by Gasteiger charge is 2.37. The Bertz CT molecular complexity index is 1290. The van der Waals surface area contributed by atoms with Crippen molar-refractivity contribution in [1.29, 1.82) is 0 Å². The van der Waals surface area contributed by atoms with E-state index in [0.717, 1.165) is 5.56 Å². The van der Waals surface area contributed by atoms with Gasteiger partial charge in [0.2, 0.25) is 15.3 Å². The summed E-state index contributed by atoms with van der Waals surface area (Å²) < 4.78 is 72.2. The molecule has 3 aromatic carbocycles. The highest BCUT2D eigenvalue weighted by atomic mass is 32.2. The third kappa shape index (κ3) is 6.92. The fourth-order valence-electron chi connectivity index (χ4n) is 3.52. The summed E-state index contributed by atoms with van der Waals surface area (Å²) in [6.07, 6.45) is 1.33.